The molecule has 1 rings (SSSR count). The topological polar surface area (TPSA) is 78.8 Å². The van der Waals surface area contributed by atoms with Crippen LogP contribution in [0.15, 0.2) is 18.2 Å². The normalized spacial score (nSPS) is 12.9. The fourth-order valence-corrected chi connectivity index (χ4v) is 1.57. The minimum absolute atomic E-state index is 0.0214. The molecule has 3 N–H and O–H groups in total. The number of aliphatic hydroxyl groups is 1. The van der Waals surface area contributed by atoms with Gasteiger partial charge in [0.25, 0.3) is 0 Å². The number of carbonyl (C=O) groups excluding carboxylic acids is 1. The molecule has 0 aliphatic heterocycles. The van der Waals surface area contributed by atoms with E-state index in [-0.39, 0.29) is 11.6 Å². The van der Waals surface area contributed by atoms with Crippen molar-refractivity contribution in [2.75, 3.05) is 11.2 Å². The second kappa shape index (κ2) is 6.12. The van der Waals surface area contributed by atoms with E-state index < -0.39 is 17.8 Å². The molecule has 0 saturated heterocycles. The smallest absolute Gasteiger partial charge is 0.412 e. The highest BCUT2D eigenvalue weighted by Crippen LogP contribution is 2.28. The first-order valence-electron chi connectivity index (χ1n) is 5.80. The Kier molecular flexibility index (Phi) is 5.03. The van der Waals surface area contributed by atoms with Crippen LogP contribution in [0.25, 0.3) is 0 Å². The average Bonchev–Trinajstić information content (AvgIpc) is 2.25. The standard InChI is InChI=1S/C13H18ClNO4/c1-13(2,3)19-12(18)15-8-4-5-9(10(16)6-8)11(17)7-14/h4-6,11,16-17H,7H2,1-3H3,(H,15,18). The average molecular weight is 288 g/mol. The van der Waals surface area contributed by atoms with Gasteiger partial charge < -0.3 is 14.9 Å². The summed E-state index contributed by atoms with van der Waals surface area (Å²) >= 11 is 5.50. The summed E-state index contributed by atoms with van der Waals surface area (Å²) in [5.74, 6) is -0.159. The van der Waals surface area contributed by atoms with Crippen molar-refractivity contribution >= 4 is 23.4 Å². The second-order valence-corrected chi connectivity index (χ2v) is 5.38. The molecule has 6 heteroatoms. The lowest BCUT2D eigenvalue weighted by Crippen LogP contribution is -2.27. The molecule has 5 nitrogen and oxygen atoms in total. The number of ether oxygens (including phenoxy) is 1. The number of halogens is 1. The van der Waals surface area contributed by atoms with Gasteiger partial charge in [0.05, 0.1) is 12.0 Å². The number of benzene rings is 1. The zero-order valence-electron chi connectivity index (χ0n) is 11.1. The molecular weight excluding hydrogens is 270 g/mol. The van der Waals surface area contributed by atoms with Crippen LogP contribution in [0.1, 0.15) is 32.4 Å². The predicted octanol–water partition coefficient (Wildman–Crippen LogP) is 3.01. The number of carbonyl (C=O) groups is 1. The van der Waals surface area contributed by atoms with Gasteiger partial charge >= 0.3 is 6.09 Å². The van der Waals surface area contributed by atoms with Crippen LogP contribution in [0, 0.1) is 0 Å². The van der Waals surface area contributed by atoms with Crippen LogP contribution in [0.4, 0.5) is 10.5 Å². The van der Waals surface area contributed by atoms with E-state index in [0.717, 1.165) is 0 Å². The Morgan fingerprint density at radius 1 is 1.47 bits per heavy atom. The number of hydrogen-bond donors (Lipinski definition) is 3. The van der Waals surface area contributed by atoms with Gasteiger partial charge in [0.2, 0.25) is 0 Å². The van der Waals surface area contributed by atoms with Crippen molar-refractivity contribution < 1.29 is 19.7 Å². The summed E-state index contributed by atoms with van der Waals surface area (Å²) in [4.78, 5) is 11.5. The Morgan fingerprint density at radius 3 is 2.58 bits per heavy atom. The highest BCUT2D eigenvalue weighted by molar-refractivity contribution is 6.18. The molecule has 1 amide bonds. The molecule has 0 heterocycles. The van der Waals surface area contributed by atoms with Crippen LogP contribution in [-0.4, -0.2) is 27.8 Å². The quantitative estimate of drug-likeness (QED) is 0.747. The summed E-state index contributed by atoms with van der Waals surface area (Å²) in [6.07, 6.45) is -1.56. The van der Waals surface area contributed by atoms with Gasteiger partial charge in [-0.3, -0.25) is 5.32 Å². The number of alkyl halides is 1. The first-order chi connectivity index (χ1) is 8.73. The molecule has 0 aliphatic rings. The third-order valence-electron chi connectivity index (χ3n) is 2.18. The molecule has 1 aromatic rings. The van der Waals surface area contributed by atoms with Crippen LogP contribution in [0.5, 0.6) is 5.75 Å². The maximum Gasteiger partial charge on any atom is 0.412 e. The van der Waals surface area contributed by atoms with Gasteiger partial charge in [-0.1, -0.05) is 6.07 Å². The predicted molar refractivity (Wildman–Crippen MR) is 73.6 cm³/mol. The molecule has 0 spiro atoms. The van der Waals surface area contributed by atoms with E-state index >= 15 is 0 Å². The fraction of sp³-hybridized carbons (Fsp3) is 0.462. The Hall–Kier alpha value is -1.46. The molecule has 0 saturated carbocycles. The van der Waals surface area contributed by atoms with Gasteiger partial charge in [0.15, 0.2) is 0 Å². The monoisotopic (exact) mass is 287 g/mol. The maximum atomic E-state index is 11.5. The molecule has 1 atom stereocenters. The Balaban J connectivity index is 2.76. The lowest BCUT2D eigenvalue weighted by atomic mass is 10.1. The first-order valence-corrected chi connectivity index (χ1v) is 6.33. The zero-order chi connectivity index (χ0) is 14.6. The SMILES string of the molecule is CC(C)(C)OC(=O)Nc1ccc(C(O)CCl)c(O)c1. The lowest BCUT2D eigenvalue weighted by Gasteiger charge is -2.20. The number of aliphatic hydroxyl groups excluding tert-OH is 1. The van der Waals surface area contributed by atoms with E-state index in [1.165, 1.54) is 12.1 Å². The van der Waals surface area contributed by atoms with Crippen LogP contribution < -0.4 is 5.32 Å². The highest BCUT2D eigenvalue weighted by atomic mass is 35.5. The van der Waals surface area contributed by atoms with Crippen LogP contribution >= 0.6 is 11.6 Å². The summed E-state index contributed by atoms with van der Waals surface area (Å²) in [6.45, 7) is 5.26. The largest absolute Gasteiger partial charge is 0.507 e. The molecule has 0 aromatic heterocycles. The fourth-order valence-electron chi connectivity index (χ4n) is 1.41. The van der Waals surface area contributed by atoms with Gasteiger partial charge in [-0.25, -0.2) is 4.79 Å². The summed E-state index contributed by atoms with van der Waals surface area (Å²) in [5, 5.41) is 21.7. The molecule has 19 heavy (non-hydrogen) atoms. The number of amides is 1. The number of aromatic hydroxyl groups is 1. The van der Waals surface area contributed by atoms with Crippen molar-refractivity contribution in [3.8, 4) is 5.75 Å². The number of phenols is 1. The number of nitrogens with one attached hydrogen (secondary N) is 1. The zero-order valence-corrected chi connectivity index (χ0v) is 11.9. The number of anilines is 1. The van der Waals surface area contributed by atoms with E-state index in [2.05, 4.69) is 5.32 Å². The molecule has 0 fully saturated rings. The van der Waals surface area contributed by atoms with Crippen LogP contribution in [0.2, 0.25) is 0 Å². The van der Waals surface area contributed by atoms with Crippen molar-refractivity contribution in [2.45, 2.75) is 32.5 Å². The second-order valence-electron chi connectivity index (χ2n) is 5.07. The maximum absolute atomic E-state index is 11.5. The number of rotatable bonds is 3. The van der Waals surface area contributed by atoms with Crippen LogP contribution in [-0.2, 0) is 4.74 Å². The molecule has 0 bridgehead atoms. The van der Waals surface area contributed by atoms with Crippen molar-refractivity contribution in [3.05, 3.63) is 23.8 Å². The Labute approximate surface area is 117 Å². The van der Waals surface area contributed by atoms with E-state index in [1.807, 2.05) is 0 Å². The molecule has 1 unspecified atom stereocenters. The van der Waals surface area contributed by atoms with Crippen LogP contribution in [0.3, 0.4) is 0 Å². The number of hydrogen-bond acceptors (Lipinski definition) is 4. The summed E-state index contributed by atoms with van der Waals surface area (Å²) in [6, 6.07) is 4.37. The first kappa shape index (κ1) is 15.6. The van der Waals surface area contributed by atoms with Gasteiger partial charge in [0.1, 0.15) is 11.4 Å². The third-order valence-corrected chi connectivity index (χ3v) is 2.47. The third kappa shape index (κ3) is 4.96. The highest BCUT2D eigenvalue weighted by Gasteiger charge is 2.17. The van der Waals surface area contributed by atoms with Gasteiger partial charge in [-0.05, 0) is 26.8 Å². The van der Waals surface area contributed by atoms with Crippen molar-refractivity contribution in [1.29, 1.82) is 0 Å². The minimum atomic E-state index is -0.947. The van der Waals surface area contributed by atoms with Crippen molar-refractivity contribution in [2.24, 2.45) is 0 Å². The summed E-state index contributed by atoms with van der Waals surface area (Å²) in [5.41, 5.74) is 0.0861. The number of phenolic OH excluding ortho intramolecular Hbond substituents is 1. The molecular formula is C13H18ClNO4. The molecule has 1 aromatic carbocycles. The van der Waals surface area contributed by atoms with E-state index in [9.17, 15) is 15.0 Å². The van der Waals surface area contributed by atoms with Crippen molar-refractivity contribution in [3.63, 3.8) is 0 Å². The lowest BCUT2D eigenvalue weighted by molar-refractivity contribution is 0.0636. The van der Waals surface area contributed by atoms with E-state index in [1.54, 1.807) is 26.8 Å². The van der Waals surface area contributed by atoms with Crippen molar-refractivity contribution in [1.82, 2.24) is 0 Å². The van der Waals surface area contributed by atoms with Gasteiger partial charge in [-0.15, -0.1) is 11.6 Å². The Morgan fingerprint density at radius 2 is 2.11 bits per heavy atom. The van der Waals surface area contributed by atoms with E-state index in [0.29, 0.717) is 11.3 Å². The molecule has 0 radical (unpaired) electrons. The molecule has 106 valence electrons. The minimum Gasteiger partial charge on any atom is -0.507 e. The van der Waals surface area contributed by atoms with E-state index in [4.69, 9.17) is 16.3 Å². The summed E-state index contributed by atoms with van der Waals surface area (Å²) in [7, 11) is 0. The van der Waals surface area contributed by atoms with Gasteiger partial charge in [-0.2, -0.15) is 0 Å². The van der Waals surface area contributed by atoms with Gasteiger partial charge in [0, 0.05) is 17.3 Å². The summed E-state index contributed by atoms with van der Waals surface area (Å²) < 4.78 is 5.08. The Bertz CT molecular complexity index is 456. The molecule has 0 aliphatic carbocycles.